The average Bonchev–Trinajstić information content (AvgIpc) is 2.52. The fourth-order valence-corrected chi connectivity index (χ4v) is 2.53. The normalized spacial score (nSPS) is 18.2. The Hall–Kier alpha value is -2.55. The van der Waals surface area contributed by atoms with E-state index < -0.39 is 0 Å². The summed E-state index contributed by atoms with van der Waals surface area (Å²) in [4.78, 5) is 11.3. The molecule has 1 saturated heterocycles. The van der Waals surface area contributed by atoms with Gasteiger partial charge in [0.15, 0.2) is 0 Å². The van der Waals surface area contributed by atoms with Gasteiger partial charge in [-0.05, 0) is 29.7 Å². The second kappa shape index (κ2) is 5.83. The van der Waals surface area contributed by atoms with Crippen LogP contribution in [0.2, 0.25) is 0 Å². The molecule has 0 radical (unpaired) electrons. The molecule has 1 aliphatic heterocycles. The predicted octanol–water partition coefficient (Wildman–Crippen LogP) is 3.56. The summed E-state index contributed by atoms with van der Waals surface area (Å²) in [5, 5.41) is 6.21. The van der Waals surface area contributed by atoms with Crippen molar-refractivity contribution in [2.75, 3.05) is 5.32 Å². The number of benzene rings is 2. The van der Waals surface area contributed by atoms with Gasteiger partial charge in [-0.3, -0.25) is 4.79 Å². The Morgan fingerprint density at radius 2 is 1.67 bits per heavy atom. The molecule has 1 aliphatic rings. The van der Waals surface area contributed by atoms with Crippen LogP contribution in [0.4, 0.5) is 5.69 Å². The molecule has 2 aromatic carbocycles. The van der Waals surface area contributed by atoms with E-state index in [-0.39, 0.29) is 11.9 Å². The van der Waals surface area contributed by atoms with Gasteiger partial charge in [0, 0.05) is 17.8 Å². The molecule has 106 valence electrons. The maximum atomic E-state index is 11.3. The van der Waals surface area contributed by atoms with E-state index in [9.17, 15) is 4.79 Å². The molecule has 0 spiro atoms. The lowest BCUT2D eigenvalue weighted by Crippen LogP contribution is -2.39. The Morgan fingerprint density at radius 3 is 2.33 bits per heavy atom. The van der Waals surface area contributed by atoms with Crippen LogP contribution in [0, 0.1) is 0 Å². The smallest absolute Gasteiger partial charge is 0.224 e. The lowest BCUT2D eigenvalue weighted by Gasteiger charge is -2.26. The van der Waals surface area contributed by atoms with Crippen molar-refractivity contribution in [1.82, 2.24) is 5.32 Å². The highest BCUT2D eigenvalue weighted by atomic mass is 16.1. The van der Waals surface area contributed by atoms with Crippen LogP contribution in [-0.2, 0) is 4.79 Å². The number of amides is 1. The molecule has 3 heteroatoms. The average molecular weight is 278 g/mol. The lowest BCUT2D eigenvalue weighted by molar-refractivity contribution is -0.121. The van der Waals surface area contributed by atoms with Gasteiger partial charge in [-0.2, -0.15) is 0 Å². The largest absolute Gasteiger partial charge is 0.377 e. The molecular weight excluding hydrogens is 260 g/mol. The minimum absolute atomic E-state index is 0.0532. The third-order valence-corrected chi connectivity index (χ3v) is 3.71. The third kappa shape index (κ3) is 3.14. The first-order valence-corrected chi connectivity index (χ1v) is 7.13. The number of carbonyl (C=O) groups is 1. The van der Waals surface area contributed by atoms with Gasteiger partial charge in [0.2, 0.25) is 5.91 Å². The summed E-state index contributed by atoms with van der Waals surface area (Å²) in [5.74, 6) is 0.0532. The summed E-state index contributed by atoms with van der Waals surface area (Å²) in [5.41, 5.74) is 4.19. The van der Waals surface area contributed by atoms with Gasteiger partial charge in [0.05, 0.1) is 6.04 Å². The Kier molecular flexibility index (Phi) is 3.73. The van der Waals surface area contributed by atoms with E-state index >= 15 is 0 Å². The van der Waals surface area contributed by atoms with Crippen molar-refractivity contribution in [3.8, 4) is 11.1 Å². The first-order chi connectivity index (χ1) is 10.2. The van der Waals surface area contributed by atoms with Crippen LogP contribution in [0.1, 0.15) is 12.8 Å². The zero-order valence-corrected chi connectivity index (χ0v) is 11.8. The molecular formula is C18H18N2O. The van der Waals surface area contributed by atoms with Gasteiger partial charge in [-0.25, -0.2) is 0 Å². The van der Waals surface area contributed by atoms with Gasteiger partial charge < -0.3 is 10.6 Å². The van der Waals surface area contributed by atoms with Crippen LogP contribution in [0.15, 0.2) is 66.9 Å². The van der Waals surface area contributed by atoms with E-state index in [1.54, 1.807) is 0 Å². The highest BCUT2D eigenvalue weighted by Crippen LogP contribution is 2.23. The molecule has 1 unspecified atom stereocenters. The minimum Gasteiger partial charge on any atom is -0.377 e. The molecule has 0 aromatic heterocycles. The molecule has 2 N–H and O–H groups in total. The fourth-order valence-electron chi connectivity index (χ4n) is 2.53. The topological polar surface area (TPSA) is 41.1 Å². The number of hydrogen-bond donors (Lipinski definition) is 2. The number of anilines is 1. The molecule has 0 bridgehead atoms. The fraction of sp³-hybridized carbons (Fsp3) is 0.167. The number of hydrogen-bond acceptors (Lipinski definition) is 2. The molecule has 3 nitrogen and oxygen atoms in total. The Labute approximate surface area is 124 Å². The van der Waals surface area contributed by atoms with E-state index in [1.807, 2.05) is 18.2 Å². The molecule has 2 aromatic rings. The van der Waals surface area contributed by atoms with Crippen LogP contribution in [0.5, 0.6) is 0 Å². The van der Waals surface area contributed by atoms with Crippen molar-refractivity contribution in [2.24, 2.45) is 0 Å². The van der Waals surface area contributed by atoms with Crippen LogP contribution in [0.25, 0.3) is 11.1 Å². The van der Waals surface area contributed by atoms with Crippen molar-refractivity contribution in [3.63, 3.8) is 0 Å². The van der Waals surface area contributed by atoms with E-state index in [4.69, 9.17) is 0 Å². The van der Waals surface area contributed by atoms with E-state index in [1.165, 1.54) is 11.1 Å². The van der Waals surface area contributed by atoms with Crippen LogP contribution in [-0.4, -0.2) is 11.9 Å². The second-order valence-corrected chi connectivity index (χ2v) is 5.25. The van der Waals surface area contributed by atoms with Crippen molar-refractivity contribution in [3.05, 3.63) is 66.9 Å². The van der Waals surface area contributed by atoms with Crippen molar-refractivity contribution in [2.45, 2.75) is 18.9 Å². The highest BCUT2D eigenvalue weighted by molar-refractivity contribution is 5.79. The van der Waals surface area contributed by atoms with Gasteiger partial charge in [0.25, 0.3) is 0 Å². The molecule has 0 aliphatic carbocycles. The van der Waals surface area contributed by atoms with Gasteiger partial charge >= 0.3 is 0 Å². The van der Waals surface area contributed by atoms with E-state index in [2.05, 4.69) is 53.6 Å². The summed E-state index contributed by atoms with van der Waals surface area (Å²) >= 11 is 0. The molecule has 1 heterocycles. The third-order valence-electron chi connectivity index (χ3n) is 3.71. The summed E-state index contributed by atoms with van der Waals surface area (Å²) in [6, 6.07) is 18.7. The SMILES string of the molecule is C=C1NC(=O)CCC1Nc1ccc(-c2ccccc2)cc1. The summed E-state index contributed by atoms with van der Waals surface area (Å²) < 4.78 is 0. The molecule has 1 fully saturated rings. The Bertz CT molecular complexity index is 647. The zero-order valence-electron chi connectivity index (χ0n) is 11.8. The number of nitrogens with one attached hydrogen (secondary N) is 2. The molecule has 1 amide bonds. The quantitative estimate of drug-likeness (QED) is 0.901. The minimum atomic E-state index is 0.0532. The van der Waals surface area contributed by atoms with Gasteiger partial charge in [-0.15, -0.1) is 0 Å². The molecule has 21 heavy (non-hydrogen) atoms. The van der Waals surface area contributed by atoms with Crippen molar-refractivity contribution >= 4 is 11.6 Å². The van der Waals surface area contributed by atoms with Crippen LogP contribution >= 0.6 is 0 Å². The molecule has 3 rings (SSSR count). The second-order valence-electron chi connectivity index (χ2n) is 5.25. The Morgan fingerprint density at radius 1 is 1.00 bits per heavy atom. The predicted molar refractivity (Wildman–Crippen MR) is 85.8 cm³/mol. The number of piperidine rings is 1. The van der Waals surface area contributed by atoms with Gasteiger partial charge in [0.1, 0.15) is 0 Å². The highest BCUT2D eigenvalue weighted by Gasteiger charge is 2.21. The summed E-state index contributed by atoms with van der Waals surface area (Å²) in [7, 11) is 0. The number of rotatable bonds is 3. The maximum Gasteiger partial charge on any atom is 0.224 e. The maximum absolute atomic E-state index is 11.3. The van der Waals surface area contributed by atoms with Gasteiger partial charge in [-0.1, -0.05) is 49.0 Å². The van der Waals surface area contributed by atoms with Crippen molar-refractivity contribution < 1.29 is 4.79 Å². The summed E-state index contributed by atoms with van der Waals surface area (Å²) in [6.45, 7) is 3.91. The van der Waals surface area contributed by atoms with Crippen molar-refractivity contribution in [1.29, 1.82) is 0 Å². The van der Waals surface area contributed by atoms with E-state index in [0.29, 0.717) is 6.42 Å². The van der Waals surface area contributed by atoms with Crippen LogP contribution < -0.4 is 10.6 Å². The first-order valence-electron chi connectivity index (χ1n) is 7.13. The monoisotopic (exact) mass is 278 g/mol. The number of carbonyl (C=O) groups excluding carboxylic acids is 1. The standard InChI is InChI=1S/C18H18N2O/c1-13-17(11-12-18(21)19-13)20-16-9-7-15(8-10-16)14-5-3-2-4-6-14/h2-10,17,20H,1,11-12H2,(H,19,21). The lowest BCUT2D eigenvalue weighted by atomic mass is 10.0. The molecule has 1 atom stereocenters. The Balaban J connectivity index is 1.70. The summed E-state index contributed by atoms with van der Waals surface area (Å²) in [6.07, 6.45) is 1.32. The zero-order chi connectivity index (χ0) is 14.7. The van der Waals surface area contributed by atoms with E-state index in [0.717, 1.165) is 17.8 Å². The molecule has 0 saturated carbocycles. The first kappa shape index (κ1) is 13.4. The van der Waals surface area contributed by atoms with Crippen LogP contribution in [0.3, 0.4) is 0 Å².